The zero-order valence-electron chi connectivity index (χ0n) is 11.5. The van der Waals surface area contributed by atoms with Crippen molar-refractivity contribution >= 4 is 45.5 Å². The molecule has 3 aromatic heterocycles. The fraction of sp³-hybridized carbons (Fsp3) is 0.154. The van der Waals surface area contributed by atoms with Gasteiger partial charge in [-0.2, -0.15) is 14.7 Å². The first-order valence-electron chi connectivity index (χ1n) is 6.60. The van der Waals surface area contributed by atoms with Crippen LogP contribution in [-0.2, 0) is 4.79 Å². The quantitative estimate of drug-likeness (QED) is 0.728. The number of rotatable bonds is 3. The molecule has 0 fully saturated rings. The Balaban J connectivity index is 1.80. The van der Waals surface area contributed by atoms with E-state index in [1.807, 2.05) is 17.5 Å². The van der Waals surface area contributed by atoms with Gasteiger partial charge in [-0.1, -0.05) is 17.4 Å². The Morgan fingerprint density at radius 2 is 2.35 bits per heavy atom. The Hall–Kier alpha value is -2.59. The summed E-state index contributed by atoms with van der Waals surface area (Å²) in [6.45, 7) is 0. The summed E-state index contributed by atoms with van der Waals surface area (Å²) in [5.74, 6) is -0.983. The average molecular weight is 347 g/mol. The smallest absolute Gasteiger partial charge is 0.328 e. The molecule has 0 saturated heterocycles. The van der Waals surface area contributed by atoms with Gasteiger partial charge < -0.3 is 5.11 Å². The minimum atomic E-state index is -0.983. The lowest BCUT2D eigenvalue weighted by Crippen LogP contribution is -2.34. The number of hydrogen-bond acceptors (Lipinski definition) is 8. The second-order valence-corrected chi connectivity index (χ2v) is 6.77. The van der Waals surface area contributed by atoms with Crippen LogP contribution in [0.4, 0.5) is 0 Å². The predicted molar refractivity (Wildman–Crippen MR) is 85.6 cm³/mol. The highest BCUT2D eigenvalue weighted by molar-refractivity contribution is 7.15. The molecular weight excluding hydrogens is 338 g/mol. The molecule has 1 N–H and O–H groups in total. The molecular formula is C13H9N5O3S2. The number of carboxylic acids is 1. The predicted octanol–water partition coefficient (Wildman–Crippen LogP) is 0.233. The number of hydrazone groups is 1. The van der Waals surface area contributed by atoms with E-state index in [9.17, 15) is 14.7 Å². The molecule has 116 valence electrons. The molecule has 3 aromatic rings. The van der Waals surface area contributed by atoms with Gasteiger partial charge in [0.25, 0.3) is 5.56 Å². The van der Waals surface area contributed by atoms with Crippen molar-refractivity contribution in [1.82, 2.24) is 19.6 Å². The van der Waals surface area contributed by atoms with Crippen molar-refractivity contribution in [3.8, 4) is 0 Å². The third-order valence-corrected chi connectivity index (χ3v) is 5.28. The highest BCUT2D eigenvalue weighted by atomic mass is 32.1. The van der Waals surface area contributed by atoms with E-state index in [4.69, 9.17) is 0 Å². The van der Waals surface area contributed by atoms with Crippen LogP contribution in [0.1, 0.15) is 11.3 Å². The van der Waals surface area contributed by atoms with Gasteiger partial charge >= 0.3 is 5.97 Å². The largest absolute Gasteiger partial charge is 0.480 e. The Kier molecular flexibility index (Phi) is 3.20. The summed E-state index contributed by atoms with van der Waals surface area (Å²) in [7, 11) is 0. The zero-order chi connectivity index (χ0) is 16.0. The van der Waals surface area contributed by atoms with Crippen molar-refractivity contribution in [2.75, 3.05) is 0 Å². The first kappa shape index (κ1) is 14.0. The van der Waals surface area contributed by atoms with E-state index in [0.29, 0.717) is 21.6 Å². The van der Waals surface area contributed by atoms with Crippen molar-refractivity contribution in [2.24, 2.45) is 5.10 Å². The summed E-state index contributed by atoms with van der Waals surface area (Å²) in [5, 5.41) is 20.9. The molecule has 0 amide bonds. The van der Waals surface area contributed by atoms with Crippen LogP contribution in [0.5, 0.6) is 0 Å². The molecule has 4 rings (SSSR count). The number of fused-ring (bicyclic) bond motifs is 1. The Bertz CT molecular complexity index is 1020. The lowest BCUT2D eigenvalue weighted by Gasteiger charge is -2.14. The van der Waals surface area contributed by atoms with Gasteiger partial charge in [-0.05, 0) is 11.4 Å². The molecule has 0 unspecified atom stereocenters. The number of hydrogen-bond donors (Lipinski definition) is 1. The van der Waals surface area contributed by atoms with E-state index >= 15 is 0 Å². The van der Waals surface area contributed by atoms with Crippen molar-refractivity contribution in [3.05, 3.63) is 43.6 Å². The third kappa shape index (κ3) is 2.32. The fourth-order valence-corrected chi connectivity index (χ4v) is 3.90. The first-order chi connectivity index (χ1) is 11.1. The maximum absolute atomic E-state index is 12.2. The molecule has 0 saturated carbocycles. The van der Waals surface area contributed by atoms with Crippen molar-refractivity contribution in [3.63, 3.8) is 0 Å². The highest BCUT2D eigenvalue weighted by Crippen LogP contribution is 2.23. The summed E-state index contributed by atoms with van der Waals surface area (Å²) in [6.07, 6.45) is 3.06. The number of aliphatic carboxylic acids is 1. The number of nitrogens with zero attached hydrogens (tertiary/aromatic N) is 5. The van der Waals surface area contributed by atoms with Crippen LogP contribution in [-0.4, -0.2) is 42.4 Å². The molecule has 4 heterocycles. The SMILES string of the molecule is O=C(O)[C@@H]1CC(c2cccs2)=NN1/C=c1\sc2ncnn2c1=O. The summed E-state index contributed by atoms with van der Waals surface area (Å²) in [5.41, 5.74) is 0.377. The molecule has 8 nitrogen and oxygen atoms in total. The number of thiazole rings is 1. The topological polar surface area (TPSA) is 100 Å². The minimum Gasteiger partial charge on any atom is -0.480 e. The molecule has 0 spiro atoms. The third-order valence-electron chi connectivity index (χ3n) is 3.40. The average Bonchev–Trinajstić information content (AvgIpc) is 3.26. The molecule has 0 radical (unpaired) electrons. The maximum atomic E-state index is 12.2. The van der Waals surface area contributed by atoms with Crippen molar-refractivity contribution in [1.29, 1.82) is 0 Å². The van der Waals surface area contributed by atoms with Crippen LogP contribution in [0, 0.1) is 0 Å². The van der Waals surface area contributed by atoms with Crippen LogP contribution < -0.4 is 10.1 Å². The second-order valence-electron chi connectivity index (χ2n) is 4.82. The van der Waals surface area contributed by atoms with Gasteiger partial charge in [0.1, 0.15) is 10.9 Å². The second kappa shape index (κ2) is 5.25. The van der Waals surface area contributed by atoms with Crippen LogP contribution >= 0.6 is 22.7 Å². The van der Waals surface area contributed by atoms with Crippen molar-refractivity contribution < 1.29 is 9.90 Å². The summed E-state index contributed by atoms with van der Waals surface area (Å²) < 4.78 is 1.54. The number of thiophene rings is 1. The number of carboxylic acid groups (broad SMARTS) is 1. The minimum absolute atomic E-state index is 0.293. The van der Waals surface area contributed by atoms with Crippen LogP contribution in [0.2, 0.25) is 0 Å². The summed E-state index contributed by atoms with van der Waals surface area (Å²) in [6, 6.07) is 2.96. The molecule has 10 heteroatoms. The first-order valence-corrected chi connectivity index (χ1v) is 8.30. The van der Waals surface area contributed by atoms with E-state index in [1.165, 1.54) is 33.4 Å². The van der Waals surface area contributed by atoms with E-state index in [1.54, 1.807) is 0 Å². The number of carbonyl (C=O) groups is 1. The van der Waals surface area contributed by atoms with E-state index in [2.05, 4.69) is 15.2 Å². The normalized spacial score (nSPS) is 18.8. The fourth-order valence-electron chi connectivity index (χ4n) is 2.33. The lowest BCUT2D eigenvalue weighted by atomic mass is 10.1. The lowest BCUT2D eigenvalue weighted by molar-refractivity contribution is -0.141. The molecule has 0 bridgehead atoms. The Morgan fingerprint density at radius 1 is 1.48 bits per heavy atom. The molecule has 23 heavy (non-hydrogen) atoms. The maximum Gasteiger partial charge on any atom is 0.328 e. The van der Waals surface area contributed by atoms with Gasteiger partial charge in [0.05, 0.1) is 10.6 Å². The highest BCUT2D eigenvalue weighted by Gasteiger charge is 2.32. The van der Waals surface area contributed by atoms with Gasteiger partial charge in [0.15, 0.2) is 6.04 Å². The Labute approximate surface area is 136 Å². The van der Waals surface area contributed by atoms with Gasteiger partial charge in [0, 0.05) is 12.6 Å². The molecule has 1 aliphatic heterocycles. The molecule has 1 aliphatic rings. The van der Waals surface area contributed by atoms with E-state index in [0.717, 1.165) is 16.2 Å². The summed E-state index contributed by atoms with van der Waals surface area (Å²) >= 11 is 2.65. The molecule has 1 atom stereocenters. The van der Waals surface area contributed by atoms with Gasteiger partial charge in [-0.3, -0.25) is 9.80 Å². The van der Waals surface area contributed by atoms with Crippen LogP contribution in [0.3, 0.4) is 0 Å². The van der Waals surface area contributed by atoms with Gasteiger partial charge in [-0.25, -0.2) is 9.78 Å². The summed E-state index contributed by atoms with van der Waals surface area (Å²) in [4.78, 5) is 29.0. The van der Waals surface area contributed by atoms with Crippen molar-refractivity contribution in [2.45, 2.75) is 12.5 Å². The number of aromatic nitrogens is 3. The van der Waals surface area contributed by atoms with Crippen LogP contribution in [0.15, 0.2) is 33.7 Å². The Morgan fingerprint density at radius 3 is 3.04 bits per heavy atom. The van der Waals surface area contributed by atoms with Gasteiger partial charge in [0.2, 0.25) is 4.96 Å². The molecule has 0 aliphatic carbocycles. The van der Waals surface area contributed by atoms with Crippen LogP contribution in [0.25, 0.3) is 11.2 Å². The van der Waals surface area contributed by atoms with Gasteiger partial charge in [-0.15, -0.1) is 11.3 Å². The zero-order valence-corrected chi connectivity index (χ0v) is 13.1. The van der Waals surface area contributed by atoms with E-state index < -0.39 is 12.0 Å². The van der Waals surface area contributed by atoms with E-state index in [-0.39, 0.29) is 5.56 Å². The molecule has 0 aromatic carbocycles. The monoisotopic (exact) mass is 347 g/mol. The standard InChI is InChI=1S/C13H9N5O3S2/c19-11-10(23-13-14-6-15-18(11)13)5-17-8(12(20)21)4-7(16-17)9-2-1-3-22-9/h1-3,5-6,8H,4H2,(H,20,21)/b10-5-/t8-/m0/s1.